The number of nitrogen functional groups attached to an aromatic ring is 1. The first-order valence-electron chi connectivity index (χ1n) is 4.49. The van der Waals surface area contributed by atoms with E-state index in [0.717, 1.165) is 13.1 Å². The summed E-state index contributed by atoms with van der Waals surface area (Å²) in [5.41, 5.74) is 5.83. The van der Waals surface area contributed by atoms with E-state index in [-0.39, 0.29) is 11.7 Å². The number of hydrogen-bond acceptors (Lipinski definition) is 5. The summed E-state index contributed by atoms with van der Waals surface area (Å²) in [7, 11) is 0. The van der Waals surface area contributed by atoms with Crippen molar-refractivity contribution >= 4 is 11.6 Å². The lowest BCUT2D eigenvalue weighted by Gasteiger charge is -2.26. The second kappa shape index (κ2) is 3.67. The summed E-state index contributed by atoms with van der Waals surface area (Å²) in [6, 6.07) is 0. The Kier molecular flexibility index (Phi) is 2.36. The molecule has 0 spiro atoms. The number of carbonyl (C=O) groups is 1. The minimum Gasteiger partial charge on any atom is -0.394 e. The van der Waals surface area contributed by atoms with E-state index in [1.165, 1.54) is 6.20 Å². The molecule has 1 aromatic heterocycles. The van der Waals surface area contributed by atoms with Gasteiger partial charge in [0.15, 0.2) is 0 Å². The molecule has 1 fully saturated rings. The fourth-order valence-electron chi connectivity index (χ4n) is 1.42. The maximum absolute atomic E-state index is 11.8. The van der Waals surface area contributed by atoms with Crippen LogP contribution in [0.5, 0.6) is 0 Å². The van der Waals surface area contributed by atoms with Crippen molar-refractivity contribution in [2.24, 2.45) is 0 Å². The first-order chi connectivity index (χ1) is 6.79. The Morgan fingerprint density at radius 2 is 2.29 bits per heavy atom. The number of aromatic nitrogens is 1. The van der Waals surface area contributed by atoms with Gasteiger partial charge in [-0.1, -0.05) is 5.16 Å². The van der Waals surface area contributed by atoms with Gasteiger partial charge in [-0.15, -0.1) is 0 Å². The van der Waals surface area contributed by atoms with E-state index in [1.807, 2.05) is 0 Å². The van der Waals surface area contributed by atoms with Gasteiger partial charge in [0.1, 0.15) is 5.69 Å². The molecule has 6 nitrogen and oxygen atoms in total. The third-order valence-electron chi connectivity index (χ3n) is 2.20. The third kappa shape index (κ3) is 1.56. The van der Waals surface area contributed by atoms with Crippen LogP contribution in [-0.2, 0) is 0 Å². The molecule has 1 saturated heterocycles. The Morgan fingerprint density at radius 3 is 2.86 bits per heavy atom. The molecule has 1 aromatic rings. The number of anilines is 1. The molecule has 0 unspecified atom stereocenters. The minimum atomic E-state index is -0.179. The zero-order valence-corrected chi connectivity index (χ0v) is 7.69. The molecule has 2 rings (SSSR count). The number of nitrogens with zero attached hydrogens (tertiary/aromatic N) is 2. The Hall–Kier alpha value is -1.56. The maximum atomic E-state index is 11.8. The highest BCUT2D eigenvalue weighted by molar-refractivity contribution is 5.96. The van der Waals surface area contributed by atoms with Crippen molar-refractivity contribution < 1.29 is 9.32 Å². The predicted octanol–water partition coefficient (Wildman–Crippen LogP) is -0.698. The van der Waals surface area contributed by atoms with Crippen LogP contribution >= 0.6 is 0 Å². The van der Waals surface area contributed by atoms with E-state index in [4.69, 9.17) is 10.3 Å². The first kappa shape index (κ1) is 9.01. The average molecular weight is 196 g/mol. The van der Waals surface area contributed by atoms with Gasteiger partial charge in [-0.2, -0.15) is 0 Å². The largest absolute Gasteiger partial charge is 0.394 e. The molecule has 0 bridgehead atoms. The average Bonchev–Trinajstić information content (AvgIpc) is 2.65. The normalized spacial score (nSPS) is 17.0. The molecule has 0 aliphatic carbocycles. The highest BCUT2D eigenvalue weighted by Gasteiger charge is 2.23. The van der Waals surface area contributed by atoms with Crippen molar-refractivity contribution in [3.8, 4) is 0 Å². The molecule has 14 heavy (non-hydrogen) atoms. The number of carbonyl (C=O) groups excluding carboxylic acids is 1. The van der Waals surface area contributed by atoms with Crippen LogP contribution in [0.15, 0.2) is 10.7 Å². The molecule has 1 aliphatic rings. The predicted molar refractivity (Wildman–Crippen MR) is 49.7 cm³/mol. The molecule has 6 heteroatoms. The van der Waals surface area contributed by atoms with Gasteiger partial charge < -0.3 is 20.5 Å². The van der Waals surface area contributed by atoms with Crippen molar-refractivity contribution in [1.29, 1.82) is 0 Å². The van der Waals surface area contributed by atoms with Crippen LogP contribution < -0.4 is 11.1 Å². The van der Waals surface area contributed by atoms with E-state index in [2.05, 4.69) is 10.5 Å². The topological polar surface area (TPSA) is 84.4 Å². The lowest BCUT2D eigenvalue weighted by Crippen LogP contribution is -2.46. The molecule has 1 amide bonds. The van der Waals surface area contributed by atoms with Gasteiger partial charge in [-0.25, -0.2) is 0 Å². The lowest BCUT2D eigenvalue weighted by molar-refractivity contribution is 0.0695. The van der Waals surface area contributed by atoms with Crippen LogP contribution in [0.3, 0.4) is 0 Å². The van der Waals surface area contributed by atoms with Crippen molar-refractivity contribution in [2.75, 3.05) is 31.9 Å². The van der Waals surface area contributed by atoms with Crippen molar-refractivity contribution in [2.45, 2.75) is 0 Å². The fourth-order valence-corrected chi connectivity index (χ4v) is 1.42. The number of hydrogen-bond donors (Lipinski definition) is 2. The summed E-state index contributed by atoms with van der Waals surface area (Å²) in [5, 5.41) is 6.63. The van der Waals surface area contributed by atoms with Gasteiger partial charge in [-0.3, -0.25) is 4.79 Å². The van der Waals surface area contributed by atoms with Crippen LogP contribution in [0.25, 0.3) is 0 Å². The highest BCUT2D eigenvalue weighted by Crippen LogP contribution is 2.12. The summed E-state index contributed by atoms with van der Waals surface area (Å²) in [4.78, 5) is 13.5. The highest BCUT2D eigenvalue weighted by atomic mass is 16.5. The number of nitrogens with two attached hydrogens (primary N) is 1. The second-order valence-electron chi connectivity index (χ2n) is 3.15. The monoisotopic (exact) mass is 196 g/mol. The Labute approximate surface area is 81.0 Å². The maximum Gasteiger partial charge on any atom is 0.294 e. The molecule has 1 aliphatic heterocycles. The summed E-state index contributed by atoms with van der Waals surface area (Å²) in [6.07, 6.45) is 1.34. The Morgan fingerprint density at radius 1 is 1.57 bits per heavy atom. The van der Waals surface area contributed by atoms with E-state index < -0.39 is 0 Å². The van der Waals surface area contributed by atoms with Gasteiger partial charge in [0, 0.05) is 26.2 Å². The Balaban J connectivity index is 2.11. The van der Waals surface area contributed by atoms with E-state index in [1.54, 1.807) is 4.90 Å². The van der Waals surface area contributed by atoms with Crippen molar-refractivity contribution in [3.63, 3.8) is 0 Å². The van der Waals surface area contributed by atoms with Crippen LogP contribution in [-0.4, -0.2) is 42.1 Å². The van der Waals surface area contributed by atoms with Gasteiger partial charge in [0.05, 0.1) is 6.20 Å². The SMILES string of the molecule is Nc1cnoc1C(=O)N1CCNCC1. The van der Waals surface area contributed by atoms with Gasteiger partial charge in [0.25, 0.3) is 5.91 Å². The number of rotatable bonds is 1. The van der Waals surface area contributed by atoms with Crippen LogP contribution in [0.4, 0.5) is 5.69 Å². The van der Waals surface area contributed by atoms with Crippen molar-refractivity contribution in [1.82, 2.24) is 15.4 Å². The fraction of sp³-hybridized carbons (Fsp3) is 0.500. The van der Waals surface area contributed by atoms with Crippen LogP contribution in [0, 0.1) is 0 Å². The molecule has 0 saturated carbocycles. The molecule has 2 heterocycles. The molecular weight excluding hydrogens is 184 g/mol. The molecule has 76 valence electrons. The summed E-state index contributed by atoms with van der Waals surface area (Å²) >= 11 is 0. The number of piperazine rings is 1. The van der Waals surface area contributed by atoms with Crippen LogP contribution in [0.1, 0.15) is 10.6 Å². The summed E-state index contributed by atoms with van der Waals surface area (Å²) < 4.78 is 4.79. The molecule has 0 aromatic carbocycles. The van der Waals surface area contributed by atoms with Gasteiger partial charge >= 0.3 is 0 Å². The van der Waals surface area contributed by atoms with E-state index >= 15 is 0 Å². The van der Waals surface area contributed by atoms with E-state index in [9.17, 15) is 4.79 Å². The third-order valence-corrected chi connectivity index (χ3v) is 2.20. The molecule has 3 N–H and O–H groups in total. The number of nitrogens with one attached hydrogen (secondary N) is 1. The zero-order chi connectivity index (χ0) is 9.97. The summed E-state index contributed by atoms with van der Waals surface area (Å²) in [6.45, 7) is 2.97. The summed E-state index contributed by atoms with van der Waals surface area (Å²) in [5.74, 6) is -0.0339. The lowest BCUT2D eigenvalue weighted by atomic mass is 10.3. The van der Waals surface area contributed by atoms with E-state index in [0.29, 0.717) is 18.8 Å². The smallest absolute Gasteiger partial charge is 0.294 e. The zero-order valence-electron chi connectivity index (χ0n) is 7.69. The molecular formula is C8H12N4O2. The Bertz CT molecular complexity index is 330. The molecule has 0 radical (unpaired) electrons. The van der Waals surface area contributed by atoms with Gasteiger partial charge in [0.2, 0.25) is 5.76 Å². The minimum absolute atomic E-state index is 0.145. The van der Waals surface area contributed by atoms with Gasteiger partial charge in [-0.05, 0) is 0 Å². The second-order valence-corrected chi connectivity index (χ2v) is 3.15. The van der Waals surface area contributed by atoms with Crippen LogP contribution in [0.2, 0.25) is 0 Å². The standard InChI is InChI=1S/C8H12N4O2/c9-6-5-11-14-7(6)8(13)12-3-1-10-2-4-12/h5,10H,1-4,9H2. The number of amides is 1. The quantitative estimate of drug-likeness (QED) is 0.620. The first-order valence-corrected chi connectivity index (χ1v) is 4.49. The molecule has 0 atom stereocenters. The van der Waals surface area contributed by atoms with Crippen molar-refractivity contribution in [3.05, 3.63) is 12.0 Å².